The van der Waals surface area contributed by atoms with E-state index in [4.69, 9.17) is 0 Å². The van der Waals surface area contributed by atoms with Gasteiger partial charge in [-0.25, -0.2) is 9.80 Å². The summed E-state index contributed by atoms with van der Waals surface area (Å²) in [5, 5.41) is 10.9. The van der Waals surface area contributed by atoms with E-state index in [1.54, 1.807) is 18.4 Å². The second-order valence-electron chi connectivity index (χ2n) is 6.48. The molecule has 0 spiro atoms. The van der Waals surface area contributed by atoms with Gasteiger partial charge in [0, 0.05) is 20.0 Å². The molecule has 2 heterocycles. The molecular weight excluding hydrogens is 360 g/mol. The summed E-state index contributed by atoms with van der Waals surface area (Å²) in [7, 11) is 1.63. The van der Waals surface area contributed by atoms with Gasteiger partial charge in [0.05, 0.1) is 16.6 Å². The van der Waals surface area contributed by atoms with Gasteiger partial charge in [-0.2, -0.15) is 5.10 Å². The van der Waals surface area contributed by atoms with Crippen LogP contribution in [0.1, 0.15) is 36.2 Å². The number of thiophene rings is 1. The van der Waals surface area contributed by atoms with E-state index in [2.05, 4.69) is 10.4 Å². The number of carbonyl (C=O) groups is 2. The van der Waals surface area contributed by atoms with Crippen molar-refractivity contribution in [1.29, 1.82) is 0 Å². The molecule has 1 aliphatic heterocycles. The zero-order valence-corrected chi connectivity index (χ0v) is 16.4. The van der Waals surface area contributed by atoms with Crippen molar-refractivity contribution >= 4 is 29.0 Å². The molecule has 1 aromatic carbocycles. The minimum Gasteiger partial charge on any atom is -0.338 e. The number of nitrogens with one attached hydrogen (secondary N) is 1. The SMILES string of the molecule is CCCNC(=O)N(C)CC(=O)N1N=C(c2cccs2)C[C@H]1c1ccccc1. The minimum atomic E-state index is -0.247. The van der Waals surface area contributed by atoms with Gasteiger partial charge in [-0.3, -0.25) is 4.79 Å². The standard InChI is InChI=1S/C20H24N4O2S/c1-3-11-21-20(26)23(2)14-19(25)24-17(15-8-5-4-6-9-15)13-16(22-24)18-10-7-12-27-18/h4-10,12,17H,3,11,13-14H2,1-2H3,(H,21,26)/t17-/m0/s1. The highest BCUT2D eigenvalue weighted by molar-refractivity contribution is 7.12. The van der Waals surface area contributed by atoms with Gasteiger partial charge in [0.1, 0.15) is 6.54 Å². The zero-order valence-electron chi connectivity index (χ0n) is 15.6. The molecule has 1 atom stereocenters. The molecule has 1 N–H and O–H groups in total. The summed E-state index contributed by atoms with van der Waals surface area (Å²) in [5.74, 6) is -0.190. The predicted molar refractivity (Wildman–Crippen MR) is 108 cm³/mol. The molecule has 0 radical (unpaired) electrons. The van der Waals surface area contributed by atoms with Gasteiger partial charge < -0.3 is 10.2 Å². The van der Waals surface area contributed by atoms with Crippen LogP contribution in [-0.4, -0.2) is 47.7 Å². The van der Waals surface area contributed by atoms with Crippen molar-refractivity contribution in [3.63, 3.8) is 0 Å². The highest BCUT2D eigenvalue weighted by Gasteiger charge is 2.34. The first-order chi connectivity index (χ1) is 13.1. The molecule has 7 heteroatoms. The Kier molecular flexibility index (Phi) is 6.24. The number of amides is 3. The average Bonchev–Trinajstić information content (AvgIpc) is 3.36. The lowest BCUT2D eigenvalue weighted by molar-refractivity contribution is -0.133. The lowest BCUT2D eigenvalue weighted by atomic mass is 10.0. The summed E-state index contributed by atoms with van der Waals surface area (Å²) >= 11 is 1.62. The lowest BCUT2D eigenvalue weighted by Gasteiger charge is -2.25. The van der Waals surface area contributed by atoms with Crippen molar-refractivity contribution in [2.45, 2.75) is 25.8 Å². The number of benzene rings is 1. The maximum atomic E-state index is 12.9. The summed E-state index contributed by atoms with van der Waals surface area (Å²) in [4.78, 5) is 27.5. The van der Waals surface area contributed by atoms with E-state index in [1.165, 1.54) is 9.91 Å². The van der Waals surface area contributed by atoms with Gasteiger partial charge in [-0.05, 0) is 23.4 Å². The van der Waals surface area contributed by atoms with Crippen LogP contribution in [0.15, 0.2) is 52.9 Å². The zero-order chi connectivity index (χ0) is 19.2. The number of likely N-dealkylation sites (N-methyl/N-ethyl adjacent to an activating group) is 1. The molecule has 3 rings (SSSR count). The Hall–Kier alpha value is -2.67. The van der Waals surface area contributed by atoms with Crippen LogP contribution in [0.4, 0.5) is 4.79 Å². The molecule has 142 valence electrons. The average molecular weight is 385 g/mol. The summed E-state index contributed by atoms with van der Waals surface area (Å²) in [6, 6.07) is 13.5. The van der Waals surface area contributed by atoms with E-state index in [9.17, 15) is 9.59 Å². The largest absolute Gasteiger partial charge is 0.338 e. The third-order valence-electron chi connectivity index (χ3n) is 4.40. The van der Waals surface area contributed by atoms with Crippen molar-refractivity contribution in [3.8, 4) is 0 Å². The Morgan fingerprint density at radius 2 is 2.04 bits per heavy atom. The molecular formula is C20H24N4O2S. The minimum absolute atomic E-state index is 0.0138. The monoisotopic (exact) mass is 384 g/mol. The Morgan fingerprint density at radius 1 is 1.26 bits per heavy atom. The molecule has 27 heavy (non-hydrogen) atoms. The Balaban J connectivity index is 1.78. The molecule has 1 aromatic heterocycles. The second-order valence-corrected chi connectivity index (χ2v) is 7.43. The van der Waals surface area contributed by atoms with Crippen LogP contribution in [0.3, 0.4) is 0 Å². The summed E-state index contributed by atoms with van der Waals surface area (Å²) < 4.78 is 0. The van der Waals surface area contributed by atoms with Crippen molar-refractivity contribution in [3.05, 3.63) is 58.3 Å². The number of urea groups is 1. The number of hydrogen-bond donors (Lipinski definition) is 1. The molecule has 0 fully saturated rings. The van der Waals surface area contributed by atoms with Gasteiger partial charge in [-0.1, -0.05) is 43.3 Å². The summed E-state index contributed by atoms with van der Waals surface area (Å²) in [5.41, 5.74) is 1.95. The summed E-state index contributed by atoms with van der Waals surface area (Å²) in [6.07, 6.45) is 1.52. The Labute approximate surface area is 163 Å². The molecule has 0 saturated heterocycles. The molecule has 6 nitrogen and oxygen atoms in total. The van der Waals surface area contributed by atoms with Gasteiger partial charge in [0.15, 0.2) is 0 Å². The maximum absolute atomic E-state index is 12.9. The van der Waals surface area contributed by atoms with E-state index in [0.717, 1.165) is 22.6 Å². The van der Waals surface area contributed by atoms with E-state index < -0.39 is 0 Å². The quantitative estimate of drug-likeness (QED) is 0.829. The first-order valence-corrected chi connectivity index (χ1v) is 9.95. The van der Waals surface area contributed by atoms with Crippen LogP contribution >= 0.6 is 11.3 Å². The van der Waals surface area contributed by atoms with E-state index >= 15 is 0 Å². The van der Waals surface area contributed by atoms with E-state index in [0.29, 0.717) is 13.0 Å². The van der Waals surface area contributed by atoms with Crippen molar-refractivity contribution in [2.75, 3.05) is 20.1 Å². The number of hydrazone groups is 1. The van der Waals surface area contributed by atoms with Gasteiger partial charge in [0.25, 0.3) is 5.91 Å². The summed E-state index contributed by atoms with van der Waals surface area (Å²) in [6.45, 7) is 2.56. The molecule has 0 unspecified atom stereocenters. The van der Waals surface area contributed by atoms with Crippen LogP contribution < -0.4 is 5.32 Å². The van der Waals surface area contributed by atoms with E-state index in [1.807, 2.05) is 54.8 Å². The predicted octanol–water partition coefficient (Wildman–Crippen LogP) is 3.48. The third-order valence-corrected chi connectivity index (χ3v) is 5.32. The van der Waals surface area contributed by atoms with Crippen LogP contribution in [0.5, 0.6) is 0 Å². The van der Waals surface area contributed by atoms with Crippen molar-refractivity contribution in [2.24, 2.45) is 5.10 Å². The fourth-order valence-corrected chi connectivity index (χ4v) is 3.70. The molecule has 3 amide bonds. The highest BCUT2D eigenvalue weighted by atomic mass is 32.1. The Morgan fingerprint density at radius 3 is 2.70 bits per heavy atom. The first kappa shape index (κ1) is 19.1. The molecule has 0 bridgehead atoms. The maximum Gasteiger partial charge on any atom is 0.317 e. The molecule has 1 aliphatic rings. The number of hydrogen-bond acceptors (Lipinski definition) is 4. The number of nitrogens with zero attached hydrogens (tertiary/aromatic N) is 3. The lowest BCUT2D eigenvalue weighted by Crippen LogP contribution is -2.43. The molecule has 2 aromatic rings. The van der Waals surface area contributed by atoms with Crippen molar-refractivity contribution < 1.29 is 9.59 Å². The highest BCUT2D eigenvalue weighted by Crippen LogP contribution is 2.33. The fourth-order valence-electron chi connectivity index (χ4n) is 2.98. The van der Waals surface area contributed by atoms with Gasteiger partial charge in [-0.15, -0.1) is 11.3 Å². The topological polar surface area (TPSA) is 65.0 Å². The fraction of sp³-hybridized carbons (Fsp3) is 0.350. The van der Waals surface area contributed by atoms with Crippen molar-refractivity contribution in [1.82, 2.24) is 15.2 Å². The van der Waals surface area contributed by atoms with Gasteiger partial charge in [0.2, 0.25) is 0 Å². The third kappa shape index (κ3) is 4.54. The smallest absolute Gasteiger partial charge is 0.317 e. The van der Waals surface area contributed by atoms with E-state index in [-0.39, 0.29) is 24.5 Å². The first-order valence-electron chi connectivity index (χ1n) is 9.07. The van der Waals surface area contributed by atoms with Crippen LogP contribution in [0, 0.1) is 0 Å². The van der Waals surface area contributed by atoms with Gasteiger partial charge >= 0.3 is 6.03 Å². The normalized spacial score (nSPS) is 16.1. The Bertz CT molecular complexity index is 805. The van der Waals surface area contributed by atoms with Crippen LogP contribution in [-0.2, 0) is 4.79 Å². The van der Waals surface area contributed by atoms with Crippen LogP contribution in [0.2, 0.25) is 0 Å². The number of carbonyl (C=O) groups excluding carboxylic acids is 2. The second kappa shape index (κ2) is 8.81. The van der Waals surface area contributed by atoms with Crippen LogP contribution in [0.25, 0.3) is 0 Å². The molecule has 0 aliphatic carbocycles. The number of rotatable bonds is 6. The molecule has 0 saturated carbocycles.